The number of carbonyl (C=O) groups is 1. The SMILES string of the molecule is N[C@H](C(=O)O)C(OP(=O)(O)O)c1ccccc1. The van der Waals surface area contributed by atoms with Crippen LogP contribution in [-0.2, 0) is 13.9 Å². The Hall–Kier alpha value is -1.24. The largest absolute Gasteiger partial charge is 0.480 e. The molecule has 5 N–H and O–H groups in total. The fourth-order valence-electron chi connectivity index (χ4n) is 1.25. The van der Waals surface area contributed by atoms with Crippen molar-refractivity contribution >= 4 is 13.8 Å². The van der Waals surface area contributed by atoms with Gasteiger partial charge in [-0.2, -0.15) is 0 Å². The number of benzene rings is 1. The number of nitrogens with two attached hydrogens (primary N) is 1. The van der Waals surface area contributed by atoms with Crippen LogP contribution in [0.1, 0.15) is 11.7 Å². The number of carboxylic acid groups (broad SMARTS) is 1. The first-order chi connectivity index (χ1) is 7.81. The molecule has 0 heterocycles. The second kappa shape index (κ2) is 5.39. The third-order valence-electron chi connectivity index (χ3n) is 1.99. The predicted octanol–water partition coefficient (Wildman–Crippen LogP) is 0.249. The Morgan fingerprint density at radius 1 is 1.29 bits per heavy atom. The lowest BCUT2D eigenvalue weighted by Gasteiger charge is -2.21. The Morgan fingerprint density at radius 2 is 1.82 bits per heavy atom. The van der Waals surface area contributed by atoms with E-state index >= 15 is 0 Å². The maximum absolute atomic E-state index is 10.8. The molecule has 94 valence electrons. The molecule has 1 aromatic rings. The predicted molar refractivity (Wildman–Crippen MR) is 57.9 cm³/mol. The van der Waals surface area contributed by atoms with Gasteiger partial charge in [0.2, 0.25) is 0 Å². The zero-order chi connectivity index (χ0) is 13.1. The van der Waals surface area contributed by atoms with Crippen LogP contribution in [0.5, 0.6) is 0 Å². The van der Waals surface area contributed by atoms with E-state index < -0.39 is 25.9 Å². The van der Waals surface area contributed by atoms with Gasteiger partial charge in [-0.3, -0.25) is 9.32 Å². The monoisotopic (exact) mass is 261 g/mol. The number of hydrogen-bond donors (Lipinski definition) is 4. The van der Waals surface area contributed by atoms with E-state index in [-0.39, 0.29) is 5.56 Å². The van der Waals surface area contributed by atoms with Crippen LogP contribution in [0.2, 0.25) is 0 Å². The minimum absolute atomic E-state index is 0.283. The molecule has 0 aliphatic rings. The summed E-state index contributed by atoms with van der Waals surface area (Å²) < 4.78 is 15.2. The lowest BCUT2D eigenvalue weighted by molar-refractivity contribution is -0.141. The summed E-state index contributed by atoms with van der Waals surface area (Å²) in [6, 6.07) is 6.22. The lowest BCUT2D eigenvalue weighted by atomic mass is 10.0. The van der Waals surface area contributed by atoms with Crippen LogP contribution in [0.3, 0.4) is 0 Å². The van der Waals surface area contributed by atoms with E-state index in [4.69, 9.17) is 20.6 Å². The van der Waals surface area contributed by atoms with Crippen molar-refractivity contribution in [3.63, 3.8) is 0 Å². The summed E-state index contributed by atoms with van der Waals surface area (Å²) in [5.41, 5.74) is 5.62. The molecule has 2 atom stereocenters. The molecule has 1 unspecified atom stereocenters. The van der Waals surface area contributed by atoms with Crippen LogP contribution in [0.25, 0.3) is 0 Å². The summed E-state index contributed by atoms with van der Waals surface area (Å²) >= 11 is 0. The average molecular weight is 261 g/mol. The minimum Gasteiger partial charge on any atom is -0.480 e. The molecule has 0 radical (unpaired) electrons. The molecule has 1 aromatic carbocycles. The Balaban J connectivity index is 3.03. The number of rotatable bonds is 5. The van der Waals surface area contributed by atoms with Crippen molar-refractivity contribution in [1.29, 1.82) is 0 Å². The van der Waals surface area contributed by atoms with Gasteiger partial charge in [0.05, 0.1) is 0 Å². The highest BCUT2D eigenvalue weighted by atomic mass is 31.2. The van der Waals surface area contributed by atoms with Crippen LogP contribution in [0, 0.1) is 0 Å². The van der Waals surface area contributed by atoms with Gasteiger partial charge in [-0.1, -0.05) is 30.3 Å². The molecule has 1 rings (SSSR count). The van der Waals surface area contributed by atoms with E-state index in [0.29, 0.717) is 0 Å². The normalized spacial score (nSPS) is 15.2. The maximum Gasteiger partial charge on any atom is 0.470 e. The third-order valence-corrected chi connectivity index (χ3v) is 2.49. The topological polar surface area (TPSA) is 130 Å². The summed E-state index contributed by atoms with van der Waals surface area (Å²) in [6.07, 6.45) is -1.41. The number of phosphoric ester groups is 1. The molecule has 17 heavy (non-hydrogen) atoms. The van der Waals surface area contributed by atoms with Crippen LogP contribution in [0.15, 0.2) is 30.3 Å². The molecule has 0 saturated heterocycles. The number of carboxylic acids is 1. The van der Waals surface area contributed by atoms with Gasteiger partial charge in [0.15, 0.2) is 0 Å². The summed E-state index contributed by atoms with van der Waals surface area (Å²) in [5.74, 6) is -1.41. The molecular weight excluding hydrogens is 249 g/mol. The van der Waals surface area contributed by atoms with Crippen molar-refractivity contribution in [2.45, 2.75) is 12.1 Å². The van der Waals surface area contributed by atoms with Gasteiger partial charge in [-0.25, -0.2) is 4.57 Å². The average Bonchev–Trinajstić information content (AvgIpc) is 2.25. The van der Waals surface area contributed by atoms with E-state index in [1.54, 1.807) is 18.2 Å². The zero-order valence-corrected chi connectivity index (χ0v) is 9.53. The molecule has 0 fully saturated rings. The van der Waals surface area contributed by atoms with Crippen molar-refractivity contribution in [3.8, 4) is 0 Å². The zero-order valence-electron chi connectivity index (χ0n) is 8.63. The van der Waals surface area contributed by atoms with Gasteiger partial charge in [0, 0.05) is 0 Å². The number of phosphoric acid groups is 1. The van der Waals surface area contributed by atoms with Crippen molar-refractivity contribution < 1.29 is 28.8 Å². The highest BCUT2D eigenvalue weighted by Crippen LogP contribution is 2.43. The first kappa shape index (κ1) is 13.8. The molecule has 0 aromatic heterocycles. The lowest BCUT2D eigenvalue weighted by Crippen LogP contribution is -2.37. The van der Waals surface area contributed by atoms with E-state index in [1.807, 2.05) is 0 Å². The quantitative estimate of drug-likeness (QED) is 0.559. The van der Waals surface area contributed by atoms with Gasteiger partial charge in [-0.15, -0.1) is 0 Å². The minimum atomic E-state index is -4.82. The van der Waals surface area contributed by atoms with Crippen LogP contribution in [0.4, 0.5) is 0 Å². The van der Waals surface area contributed by atoms with Gasteiger partial charge in [0.1, 0.15) is 12.1 Å². The second-order valence-corrected chi connectivity index (χ2v) is 4.48. The Labute approximate surface area is 97.1 Å². The van der Waals surface area contributed by atoms with Crippen molar-refractivity contribution in [3.05, 3.63) is 35.9 Å². The third kappa shape index (κ3) is 4.26. The summed E-state index contributed by atoms with van der Waals surface area (Å²) in [6.45, 7) is 0. The van der Waals surface area contributed by atoms with E-state index in [9.17, 15) is 9.36 Å². The molecular formula is C9H12NO6P. The van der Waals surface area contributed by atoms with Gasteiger partial charge in [0.25, 0.3) is 0 Å². The first-order valence-electron chi connectivity index (χ1n) is 4.58. The molecule has 0 bridgehead atoms. The van der Waals surface area contributed by atoms with Crippen molar-refractivity contribution in [1.82, 2.24) is 0 Å². The standard InChI is InChI=1S/C9H12NO6P/c10-7(9(11)12)8(16-17(13,14)15)6-4-2-1-3-5-6/h1-5,7-8H,10H2,(H,11,12)(H2,13,14,15)/t7-,8?/m0/s1. The second-order valence-electron chi connectivity index (χ2n) is 3.29. The summed E-state index contributed by atoms with van der Waals surface area (Å²) in [7, 11) is -4.82. The Morgan fingerprint density at radius 3 is 2.24 bits per heavy atom. The highest BCUT2D eigenvalue weighted by molar-refractivity contribution is 7.46. The van der Waals surface area contributed by atoms with Crippen LogP contribution in [-0.4, -0.2) is 26.9 Å². The molecule has 0 aliphatic carbocycles. The van der Waals surface area contributed by atoms with Crippen molar-refractivity contribution in [2.75, 3.05) is 0 Å². The maximum atomic E-state index is 10.8. The molecule has 0 saturated carbocycles. The highest BCUT2D eigenvalue weighted by Gasteiger charge is 2.32. The molecule has 7 nitrogen and oxygen atoms in total. The number of aliphatic carboxylic acids is 1. The van der Waals surface area contributed by atoms with Gasteiger partial charge < -0.3 is 20.6 Å². The first-order valence-corrected chi connectivity index (χ1v) is 6.11. The van der Waals surface area contributed by atoms with E-state index in [2.05, 4.69) is 4.52 Å². The molecule has 0 amide bonds. The van der Waals surface area contributed by atoms with E-state index in [1.165, 1.54) is 12.1 Å². The molecule has 0 spiro atoms. The summed E-state index contributed by atoms with van der Waals surface area (Å²) in [5, 5.41) is 8.75. The van der Waals surface area contributed by atoms with Crippen LogP contribution < -0.4 is 5.73 Å². The van der Waals surface area contributed by atoms with Crippen molar-refractivity contribution in [2.24, 2.45) is 5.73 Å². The molecule has 0 aliphatic heterocycles. The fraction of sp³-hybridized carbons (Fsp3) is 0.222. The molecule has 8 heteroatoms. The fourth-order valence-corrected chi connectivity index (χ4v) is 1.80. The Kier molecular flexibility index (Phi) is 4.39. The smallest absolute Gasteiger partial charge is 0.470 e. The van der Waals surface area contributed by atoms with Crippen LogP contribution >= 0.6 is 7.82 Å². The van der Waals surface area contributed by atoms with Gasteiger partial charge in [-0.05, 0) is 5.56 Å². The summed E-state index contributed by atoms with van der Waals surface area (Å²) in [4.78, 5) is 28.2. The number of hydrogen-bond acceptors (Lipinski definition) is 4. The van der Waals surface area contributed by atoms with E-state index in [0.717, 1.165) is 0 Å². The Bertz CT molecular complexity index is 430. The van der Waals surface area contributed by atoms with Gasteiger partial charge >= 0.3 is 13.8 Å².